The molecular formula is C8H10F3N3O2. The van der Waals surface area contributed by atoms with E-state index in [0.29, 0.717) is 0 Å². The van der Waals surface area contributed by atoms with Crippen LogP contribution in [0.15, 0.2) is 24.3 Å². The van der Waals surface area contributed by atoms with Gasteiger partial charge in [0.2, 0.25) is 0 Å². The number of hydrogen-bond donors (Lipinski definition) is 3. The Balaban J connectivity index is 2.87. The van der Waals surface area contributed by atoms with Crippen molar-refractivity contribution in [3.8, 4) is 0 Å². The molecule has 0 spiro atoms. The summed E-state index contributed by atoms with van der Waals surface area (Å²) in [5, 5.41) is 18.6. The number of anilines is 1. The van der Waals surface area contributed by atoms with E-state index < -0.39 is 11.7 Å². The highest BCUT2D eigenvalue weighted by Crippen LogP contribution is 2.30. The first-order valence-electron chi connectivity index (χ1n) is 4.16. The molecule has 3 N–H and O–H groups in total. The Morgan fingerprint density at radius 3 is 2.06 bits per heavy atom. The molecule has 0 saturated heterocycles. The lowest BCUT2D eigenvalue weighted by Gasteiger charge is -2.25. The Labute approximate surface area is 89.2 Å². The van der Waals surface area contributed by atoms with Gasteiger partial charge in [0.1, 0.15) is 0 Å². The minimum absolute atomic E-state index is 0.211. The van der Waals surface area contributed by atoms with Crippen LogP contribution in [0.25, 0.3) is 0 Å². The van der Waals surface area contributed by atoms with E-state index in [1.165, 1.54) is 12.6 Å². The molecule has 1 aromatic carbocycles. The Bertz CT molecular complexity index is 341. The summed E-state index contributed by atoms with van der Waals surface area (Å²) < 4.78 is 36.7. The molecule has 0 radical (unpaired) electrons. The lowest BCUT2D eigenvalue weighted by molar-refractivity contribution is -0.221. The van der Waals surface area contributed by atoms with E-state index in [0.717, 1.165) is 29.3 Å². The maximum atomic E-state index is 12.2. The zero-order valence-corrected chi connectivity index (χ0v) is 8.23. The molecule has 0 aliphatic heterocycles. The Morgan fingerprint density at radius 1 is 1.19 bits per heavy atom. The fourth-order valence-corrected chi connectivity index (χ4v) is 1.04. The van der Waals surface area contributed by atoms with E-state index in [9.17, 15) is 13.2 Å². The summed E-state index contributed by atoms with van der Waals surface area (Å²) in [5.41, 5.74) is 0.876. The second-order valence-electron chi connectivity index (χ2n) is 2.96. The third-order valence-electron chi connectivity index (χ3n) is 1.94. The van der Waals surface area contributed by atoms with E-state index in [1.54, 1.807) is 0 Å². The fourth-order valence-electron chi connectivity index (χ4n) is 1.04. The topological polar surface area (TPSA) is 59.0 Å². The van der Waals surface area contributed by atoms with Crippen LogP contribution in [0.1, 0.15) is 5.56 Å². The van der Waals surface area contributed by atoms with Gasteiger partial charge in [0, 0.05) is 7.05 Å². The molecule has 0 heterocycles. The maximum absolute atomic E-state index is 12.2. The van der Waals surface area contributed by atoms with Gasteiger partial charge in [0.05, 0.1) is 11.3 Å². The first-order chi connectivity index (χ1) is 7.36. The second-order valence-corrected chi connectivity index (χ2v) is 2.96. The molecule has 1 aromatic rings. The van der Waals surface area contributed by atoms with Gasteiger partial charge < -0.3 is 0 Å². The molecule has 0 aliphatic rings. The van der Waals surface area contributed by atoms with Crippen LogP contribution in [0.5, 0.6) is 0 Å². The number of halogens is 3. The summed E-state index contributed by atoms with van der Waals surface area (Å²) in [5.74, 6) is 0. The third kappa shape index (κ3) is 2.83. The largest absolute Gasteiger partial charge is 0.416 e. The number of alkyl halides is 3. The van der Waals surface area contributed by atoms with Gasteiger partial charge >= 0.3 is 6.18 Å². The smallest absolute Gasteiger partial charge is 0.298 e. The molecule has 0 amide bonds. The van der Waals surface area contributed by atoms with E-state index in [2.05, 4.69) is 0 Å². The Kier molecular flexibility index (Phi) is 3.70. The minimum atomic E-state index is -4.40. The molecule has 0 aliphatic carbocycles. The molecular weight excluding hydrogens is 227 g/mol. The SMILES string of the molecule is CN(c1ccc(C(F)(F)F)cc1)N(O)NO. The third-order valence-corrected chi connectivity index (χ3v) is 1.94. The van der Waals surface area contributed by atoms with Crippen LogP contribution < -0.4 is 10.6 Å². The molecule has 90 valence electrons. The summed E-state index contributed by atoms with van der Waals surface area (Å²) in [4.78, 5) is 0. The Morgan fingerprint density at radius 2 is 1.69 bits per heavy atom. The predicted octanol–water partition coefficient (Wildman–Crippen LogP) is 1.64. The highest BCUT2D eigenvalue weighted by Gasteiger charge is 2.30. The van der Waals surface area contributed by atoms with Crippen molar-refractivity contribution in [2.24, 2.45) is 0 Å². The van der Waals surface area contributed by atoms with Gasteiger partial charge in [0.15, 0.2) is 0 Å². The Hall–Kier alpha value is -1.35. The van der Waals surface area contributed by atoms with Crippen LogP contribution in [0, 0.1) is 0 Å². The number of rotatable bonds is 3. The normalized spacial score (nSPS) is 11.9. The van der Waals surface area contributed by atoms with Crippen molar-refractivity contribution in [2.75, 3.05) is 12.1 Å². The van der Waals surface area contributed by atoms with E-state index in [-0.39, 0.29) is 11.0 Å². The van der Waals surface area contributed by atoms with Gasteiger partial charge in [-0.1, -0.05) is 5.59 Å². The van der Waals surface area contributed by atoms with Crippen LogP contribution in [-0.2, 0) is 6.18 Å². The van der Waals surface area contributed by atoms with Crippen LogP contribution in [0.4, 0.5) is 18.9 Å². The molecule has 0 fully saturated rings. The highest BCUT2D eigenvalue weighted by molar-refractivity contribution is 5.45. The van der Waals surface area contributed by atoms with E-state index in [4.69, 9.17) is 10.4 Å². The monoisotopic (exact) mass is 237 g/mol. The van der Waals surface area contributed by atoms with Crippen molar-refractivity contribution in [2.45, 2.75) is 6.18 Å². The van der Waals surface area contributed by atoms with Gasteiger partial charge in [-0.25, -0.2) is 0 Å². The number of benzene rings is 1. The van der Waals surface area contributed by atoms with Crippen LogP contribution in [-0.4, -0.2) is 22.7 Å². The van der Waals surface area contributed by atoms with Gasteiger partial charge in [-0.3, -0.25) is 15.4 Å². The molecule has 0 atom stereocenters. The quantitative estimate of drug-likeness (QED) is 0.698. The zero-order valence-electron chi connectivity index (χ0n) is 8.23. The molecule has 0 unspecified atom stereocenters. The van der Waals surface area contributed by atoms with Crippen LogP contribution >= 0.6 is 0 Å². The number of hydrazine groups is 2. The van der Waals surface area contributed by atoms with Crippen molar-refractivity contribution in [1.82, 2.24) is 10.9 Å². The first-order valence-corrected chi connectivity index (χ1v) is 4.16. The van der Waals surface area contributed by atoms with Crippen molar-refractivity contribution in [3.05, 3.63) is 29.8 Å². The first kappa shape index (κ1) is 12.7. The average Bonchev–Trinajstić information content (AvgIpc) is 2.26. The standard InChI is InChI=1S/C8H10F3N3O2/c1-13(14(16)12-15)7-4-2-6(3-5-7)8(9,10)11/h2-5,12,15-16H,1H3. The van der Waals surface area contributed by atoms with Gasteiger partial charge in [-0.2, -0.15) is 13.2 Å². The number of nitrogens with one attached hydrogen (secondary N) is 1. The van der Waals surface area contributed by atoms with Gasteiger partial charge in [-0.15, -0.1) is 0 Å². The summed E-state index contributed by atoms with van der Waals surface area (Å²) in [6.07, 6.45) is -4.40. The molecule has 16 heavy (non-hydrogen) atoms. The van der Waals surface area contributed by atoms with Crippen molar-refractivity contribution in [3.63, 3.8) is 0 Å². The maximum Gasteiger partial charge on any atom is 0.416 e. The molecule has 0 bridgehead atoms. The van der Waals surface area contributed by atoms with Crippen LogP contribution in [0.2, 0.25) is 0 Å². The minimum Gasteiger partial charge on any atom is -0.298 e. The summed E-state index contributed by atoms with van der Waals surface area (Å²) in [6, 6.07) is 4.06. The number of hydrogen-bond acceptors (Lipinski definition) is 5. The number of nitrogens with zero attached hydrogens (tertiary/aromatic N) is 2. The highest BCUT2D eigenvalue weighted by atomic mass is 19.4. The summed E-state index contributed by atoms with van der Waals surface area (Å²) in [6.45, 7) is 0. The van der Waals surface area contributed by atoms with Crippen molar-refractivity contribution < 1.29 is 23.6 Å². The zero-order chi connectivity index (χ0) is 12.3. The predicted molar refractivity (Wildman–Crippen MR) is 48.4 cm³/mol. The van der Waals surface area contributed by atoms with Crippen LogP contribution in [0.3, 0.4) is 0 Å². The van der Waals surface area contributed by atoms with Gasteiger partial charge in [-0.05, 0) is 29.5 Å². The van der Waals surface area contributed by atoms with E-state index in [1.807, 2.05) is 0 Å². The van der Waals surface area contributed by atoms with Crippen molar-refractivity contribution in [1.29, 1.82) is 0 Å². The average molecular weight is 237 g/mol. The van der Waals surface area contributed by atoms with Gasteiger partial charge in [0.25, 0.3) is 0 Å². The second kappa shape index (κ2) is 4.66. The molecule has 0 saturated carbocycles. The molecule has 5 nitrogen and oxygen atoms in total. The lowest BCUT2D eigenvalue weighted by atomic mass is 10.2. The fraction of sp³-hybridized carbons (Fsp3) is 0.250. The van der Waals surface area contributed by atoms with E-state index >= 15 is 0 Å². The molecule has 8 heteroatoms. The molecule has 0 aromatic heterocycles. The summed E-state index contributed by atoms with van der Waals surface area (Å²) >= 11 is 0. The molecule has 1 rings (SSSR count). The summed E-state index contributed by atoms with van der Waals surface area (Å²) in [7, 11) is 1.34. The van der Waals surface area contributed by atoms with Crippen molar-refractivity contribution >= 4 is 5.69 Å². The lowest BCUT2D eigenvalue weighted by Crippen LogP contribution is -2.45.